The quantitative estimate of drug-likeness (QED) is 0.936. The van der Waals surface area contributed by atoms with E-state index in [4.69, 9.17) is 0 Å². The van der Waals surface area contributed by atoms with Gasteiger partial charge in [0.25, 0.3) is 5.91 Å². The van der Waals surface area contributed by atoms with Gasteiger partial charge in [0, 0.05) is 37.6 Å². The van der Waals surface area contributed by atoms with Crippen molar-refractivity contribution in [2.24, 2.45) is 0 Å². The number of aromatic nitrogens is 2. The minimum Gasteiger partial charge on any atom is -0.348 e. The first-order chi connectivity index (χ1) is 10.8. The van der Waals surface area contributed by atoms with Crippen molar-refractivity contribution in [2.75, 3.05) is 13.1 Å². The zero-order chi connectivity index (χ0) is 14.9. The van der Waals surface area contributed by atoms with Gasteiger partial charge in [-0.3, -0.25) is 9.69 Å². The Morgan fingerprint density at radius 1 is 1.18 bits per heavy atom. The lowest BCUT2D eigenvalue weighted by Gasteiger charge is -2.16. The zero-order valence-corrected chi connectivity index (χ0v) is 12.5. The summed E-state index contributed by atoms with van der Waals surface area (Å²) in [6.45, 7) is 2.09. The van der Waals surface area contributed by atoms with Gasteiger partial charge < -0.3 is 5.32 Å². The maximum Gasteiger partial charge on any atom is 0.253 e. The lowest BCUT2D eigenvalue weighted by molar-refractivity contribution is 0.0937. The van der Waals surface area contributed by atoms with Gasteiger partial charge in [-0.1, -0.05) is 12.1 Å². The van der Waals surface area contributed by atoms with Crippen LogP contribution in [0.3, 0.4) is 0 Å². The van der Waals surface area contributed by atoms with E-state index >= 15 is 0 Å². The van der Waals surface area contributed by atoms with Crippen molar-refractivity contribution in [3.63, 3.8) is 0 Å². The van der Waals surface area contributed by atoms with Crippen LogP contribution in [0.5, 0.6) is 0 Å². The molecule has 2 fully saturated rings. The minimum atomic E-state index is -0.00579. The number of para-hydroxylation sites is 1. The summed E-state index contributed by atoms with van der Waals surface area (Å²) in [7, 11) is 0. The second-order valence-corrected chi connectivity index (χ2v) is 6.15. The zero-order valence-electron chi connectivity index (χ0n) is 12.5. The summed E-state index contributed by atoms with van der Waals surface area (Å²) in [4.78, 5) is 15.1. The first-order valence-electron chi connectivity index (χ1n) is 7.95. The molecule has 2 aromatic rings. The topological polar surface area (TPSA) is 50.2 Å². The van der Waals surface area contributed by atoms with Crippen molar-refractivity contribution in [3.05, 3.63) is 48.3 Å². The molecule has 1 amide bonds. The highest BCUT2D eigenvalue weighted by molar-refractivity contribution is 5.97. The highest BCUT2D eigenvalue weighted by atomic mass is 16.1. The van der Waals surface area contributed by atoms with Crippen molar-refractivity contribution in [1.82, 2.24) is 20.0 Å². The summed E-state index contributed by atoms with van der Waals surface area (Å²) >= 11 is 0. The van der Waals surface area contributed by atoms with Gasteiger partial charge in [0.15, 0.2) is 0 Å². The van der Waals surface area contributed by atoms with Crippen LogP contribution in [-0.4, -0.2) is 45.8 Å². The van der Waals surface area contributed by atoms with Crippen molar-refractivity contribution in [3.8, 4) is 5.69 Å². The van der Waals surface area contributed by atoms with E-state index in [0.29, 0.717) is 5.56 Å². The van der Waals surface area contributed by atoms with Gasteiger partial charge in [0.1, 0.15) is 0 Å². The molecule has 1 unspecified atom stereocenters. The van der Waals surface area contributed by atoms with Crippen molar-refractivity contribution in [2.45, 2.75) is 31.3 Å². The third kappa shape index (κ3) is 2.64. The predicted molar refractivity (Wildman–Crippen MR) is 84.0 cm³/mol. The molecule has 5 heteroatoms. The molecular weight excluding hydrogens is 276 g/mol. The second kappa shape index (κ2) is 5.57. The SMILES string of the molecule is O=C(NC1CCN(C2CC2)C1)c1ccccc1-n1cccn1. The van der Waals surface area contributed by atoms with Gasteiger partial charge in [-0.2, -0.15) is 5.10 Å². The van der Waals surface area contributed by atoms with Gasteiger partial charge in [0.2, 0.25) is 0 Å². The molecule has 0 bridgehead atoms. The van der Waals surface area contributed by atoms with Gasteiger partial charge >= 0.3 is 0 Å². The lowest BCUT2D eigenvalue weighted by atomic mass is 10.1. The van der Waals surface area contributed by atoms with Gasteiger partial charge in [-0.25, -0.2) is 4.68 Å². The van der Waals surface area contributed by atoms with Crippen LogP contribution >= 0.6 is 0 Å². The van der Waals surface area contributed by atoms with E-state index in [1.54, 1.807) is 10.9 Å². The molecule has 4 rings (SSSR count). The molecule has 1 aliphatic heterocycles. The number of amides is 1. The van der Waals surface area contributed by atoms with E-state index < -0.39 is 0 Å². The Morgan fingerprint density at radius 3 is 2.82 bits per heavy atom. The third-order valence-electron chi connectivity index (χ3n) is 4.52. The number of rotatable bonds is 4. The van der Waals surface area contributed by atoms with Crippen LogP contribution in [0.15, 0.2) is 42.7 Å². The predicted octanol–water partition coefficient (Wildman–Crippen LogP) is 1.84. The minimum absolute atomic E-state index is 0.00579. The standard InChI is InChI=1S/C17H20N4O/c22-17(19-13-8-11-20(12-13)14-6-7-14)15-4-1-2-5-16(15)21-10-3-9-18-21/h1-5,9-10,13-14H,6-8,11-12H2,(H,19,22). The maximum absolute atomic E-state index is 12.6. The normalized spacial score (nSPS) is 21.9. The number of benzene rings is 1. The van der Waals surface area contributed by atoms with Crippen LogP contribution in [0, 0.1) is 0 Å². The van der Waals surface area contributed by atoms with Gasteiger partial charge in [-0.15, -0.1) is 0 Å². The molecule has 22 heavy (non-hydrogen) atoms. The van der Waals surface area contributed by atoms with Gasteiger partial charge in [-0.05, 0) is 37.5 Å². The molecule has 1 aliphatic carbocycles. The Morgan fingerprint density at radius 2 is 2.05 bits per heavy atom. The van der Waals surface area contributed by atoms with E-state index in [1.807, 2.05) is 36.5 Å². The number of carbonyl (C=O) groups excluding carboxylic acids is 1. The van der Waals surface area contributed by atoms with Crippen LogP contribution in [0.2, 0.25) is 0 Å². The molecule has 1 saturated heterocycles. The van der Waals surface area contributed by atoms with E-state index in [0.717, 1.165) is 31.2 Å². The second-order valence-electron chi connectivity index (χ2n) is 6.15. The molecule has 1 saturated carbocycles. The molecule has 1 aromatic heterocycles. The van der Waals surface area contributed by atoms with Crippen LogP contribution in [0.1, 0.15) is 29.6 Å². The largest absolute Gasteiger partial charge is 0.348 e. The molecule has 2 heterocycles. The van der Waals surface area contributed by atoms with Gasteiger partial charge in [0.05, 0.1) is 11.3 Å². The molecule has 0 radical (unpaired) electrons. The summed E-state index contributed by atoms with van der Waals surface area (Å²) in [6.07, 6.45) is 7.27. The number of likely N-dealkylation sites (tertiary alicyclic amines) is 1. The maximum atomic E-state index is 12.6. The monoisotopic (exact) mass is 296 g/mol. The average molecular weight is 296 g/mol. The highest BCUT2D eigenvalue weighted by Crippen LogP contribution is 2.29. The van der Waals surface area contributed by atoms with Crippen LogP contribution in [0.25, 0.3) is 5.69 Å². The number of nitrogens with zero attached hydrogens (tertiary/aromatic N) is 3. The molecule has 2 aliphatic rings. The van der Waals surface area contributed by atoms with Crippen molar-refractivity contribution >= 4 is 5.91 Å². The number of hydrogen-bond acceptors (Lipinski definition) is 3. The molecule has 1 N–H and O–H groups in total. The smallest absolute Gasteiger partial charge is 0.253 e. The third-order valence-corrected chi connectivity index (χ3v) is 4.52. The van der Waals surface area contributed by atoms with E-state index in [9.17, 15) is 4.79 Å². The number of hydrogen-bond donors (Lipinski definition) is 1. The Bertz CT molecular complexity index is 663. The lowest BCUT2D eigenvalue weighted by Crippen LogP contribution is -2.37. The number of nitrogens with one attached hydrogen (secondary N) is 1. The highest BCUT2D eigenvalue weighted by Gasteiger charge is 2.35. The van der Waals surface area contributed by atoms with Crippen LogP contribution in [-0.2, 0) is 0 Å². The Balaban J connectivity index is 1.49. The van der Waals surface area contributed by atoms with Crippen LogP contribution < -0.4 is 5.32 Å². The summed E-state index contributed by atoms with van der Waals surface area (Å²) in [5.41, 5.74) is 1.50. The Kier molecular flexibility index (Phi) is 3.42. The molecule has 0 spiro atoms. The molecule has 1 atom stereocenters. The summed E-state index contributed by atoms with van der Waals surface area (Å²) in [5.74, 6) is -0.00579. The first-order valence-corrected chi connectivity index (χ1v) is 7.95. The fourth-order valence-electron chi connectivity index (χ4n) is 3.22. The summed E-state index contributed by atoms with van der Waals surface area (Å²) < 4.78 is 1.74. The molecular formula is C17H20N4O. The Hall–Kier alpha value is -2.14. The summed E-state index contributed by atoms with van der Waals surface area (Å²) in [5, 5.41) is 7.42. The fraction of sp³-hybridized carbons (Fsp3) is 0.412. The van der Waals surface area contributed by atoms with E-state index in [-0.39, 0.29) is 11.9 Å². The van der Waals surface area contributed by atoms with Crippen molar-refractivity contribution < 1.29 is 4.79 Å². The van der Waals surface area contributed by atoms with Crippen molar-refractivity contribution in [1.29, 1.82) is 0 Å². The fourth-order valence-corrected chi connectivity index (χ4v) is 3.22. The first kappa shape index (κ1) is 13.5. The van der Waals surface area contributed by atoms with E-state index in [2.05, 4.69) is 15.3 Å². The molecule has 114 valence electrons. The number of carbonyl (C=O) groups is 1. The Labute approximate surface area is 129 Å². The molecule has 5 nitrogen and oxygen atoms in total. The van der Waals surface area contributed by atoms with E-state index in [1.165, 1.54) is 12.8 Å². The summed E-state index contributed by atoms with van der Waals surface area (Å²) in [6, 6.07) is 10.5. The average Bonchev–Trinajstić information content (AvgIpc) is 3.06. The van der Waals surface area contributed by atoms with Crippen LogP contribution in [0.4, 0.5) is 0 Å². The molecule has 1 aromatic carbocycles.